The van der Waals surface area contributed by atoms with Crippen LogP contribution in [0.4, 0.5) is 0 Å². The van der Waals surface area contributed by atoms with E-state index in [1.165, 1.54) is 0 Å². The molecule has 4 N–H and O–H groups in total. The number of carboxylic acids is 2. The summed E-state index contributed by atoms with van der Waals surface area (Å²) in [5.41, 5.74) is 0.113. The van der Waals surface area contributed by atoms with Crippen LogP contribution in [0.15, 0.2) is 0 Å². The molecule has 0 amide bonds. The zero-order valence-electron chi connectivity index (χ0n) is 16.6. The molecule has 2 aliphatic rings. The second kappa shape index (κ2) is 17.3. The molecule has 9 nitrogen and oxygen atoms in total. The Kier molecular flexibility index (Phi) is 18.3. The summed E-state index contributed by atoms with van der Waals surface area (Å²) in [6.45, 7) is 9.23. The fourth-order valence-electron chi connectivity index (χ4n) is 1.43. The highest BCUT2D eigenvalue weighted by Crippen LogP contribution is 2.20. The van der Waals surface area contributed by atoms with Gasteiger partial charge in [0.25, 0.3) is 0 Å². The summed E-state index contributed by atoms with van der Waals surface area (Å²) in [6.07, 6.45) is 0.890. The third kappa shape index (κ3) is 30.2. The number of carboxylic acid groups (broad SMARTS) is 2. The molecule has 3 unspecified atom stereocenters. The Morgan fingerprint density at radius 2 is 1.36 bits per heavy atom. The van der Waals surface area contributed by atoms with Crippen molar-refractivity contribution in [1.29, 1.82) is 0 Å². The number of ether oxygens (including phenoxy) is 3. The Balaban J connectivity index is 0. The number of rotatable bonds is 8. The molecule has 0 radical (unpaired) electrons. The van der Waals surface area contributed by atoms with Crippen molar-refractivity contribution >= 4 is 37.2 Å². The third-order valence-electron chi connectivity index (χ3n) is 2.74. The van der Waals surface area contributed by atoms with Crippen molar-refractivity contribution in [2.75, 3.05) is 44.5 Å². The molecular weight excluding hydrogens is 412 g/mol. The second-order valence-electron chi connectivity index (χ2n) is 7.15. The van der Waals surface area contributed by atoms with Crippen molar-refractivity contribution in [2.24, 2.45) is 5.41 Å². The van der Waals surface area contributed by atoms with Gasteiger partial charge in [-0.25, -0.2) is 0 Å². The van der Waals surface area contributed by atoms with Gasteiger partial charge in [-0.15, -0.1) is 0 Å². The summed E-state index contributed by atoms with van der Waals surface area (Å²) in [7, 11) is 0. The van der Waals surface area contributed by atoms with Crippen molar-refractivity contribution in [3.63, 3.8) is 0 Å². The second-order valence-corrected chi connectivity index (χ2v) is 7.79. The predicted octanol–water partition coefficient (Wildman–Crippen LogP) is 0.578. The van der Waals surface area contributed by atoms with E-state index in [1.54, 1.807) is 0 Å². The van der Waals surface area contributed by atoms with Gasteiger partial charge in [0.05, 0.1) is 50.6 Å². The van der Waals surface area contributed by atoms with E-state index in [0.29, 0.717) is 18.6 Å². The Hall–Kier alpha value is -0.560. The maximum absolute atomic E-state index is 9.29. The highest BCUT2D eigenvalue weighted by molar-refractivity contribution is 7.81. The van der Waals surface area contributed by atoms with Crippen LogP contribution in [0.2, 0.25) is 0 Å². The number of thiol groups is 2. The zero-order chi connectivity index (χ0) is 22.2. The summed E-state index contributed by atoms with van der Waals surface area (Å²) in [5.74, 6) is -1.93. The highest BCUT2D eigenvalue weighted by Gasteiger charge is 2.26. The van der Waals surface area contributed by atoms with Gasteiger partial charge in [0.1, 0.15) is 12.2 Å². The van der Waals surface area contributed by atoms with Crippen LogP contribution in [0.1, 0.15) is 27.2 Å². The number of aliphatic hydroxyl groups is 2. The molecule has 168 valence electrons. The Morgan fingerprint density at radius 1 is 1.04 bits per heavy atom. The average Bonchev–Trinajstić information content (AvgIpc) is 3.50. The molecule has 11 heteroatoms. The Morgan fingerprint density at radius 3 is 1.50 bits per heavy atom. The average molecular weight is 447 g/mol. The molecule has 3 atom stereocenters. The molecule has 0 aromatic rings. The highest BCUT2D eigenvalue weighted by atomic mass is 32.1. The van der Waals surface area contributed by atoms with Crippen molar-refractivity contribution in [1.82, 2.24) is 0 Å². The third-order valence-corrected chi connectivity index (χ3v) is 3.28. The number of epoxide rings is 2. The van der Waals surface area contributed by atoms with E-state index in [-0.39, 0.29) is 23.5 Å². The van der Waals surface area contributed by atoms with Crippen molar-refractivity contribution in [3.8, 4) is 0 Å². The first kappa shape index (κ1) is 29.6. The first-order valence-electron chi connectivity index (χ1n) is 8.70. The molecule has 28 heavy (non-hydrogen) atoms. The lowest BCUT2D eigenvalue weighted by Gasteiger charge is -2.20. The largest absolute Gasteiger partial charge is 0.481 e. The first-order chi connectivity index (χ1) is 12.9. The molecular formula is C17H34O9S2. The quantitative estimate of drug-likeness (QED) is 0.232. The topological polar surface area (TPSA) is 149 Å². The maximum atomic E-state index is 9.29. The monoisotopic (exact) mass is 446 g/mol. The van der Waals surface area contributed by atoms with Gasteiger partial charge in [0.15, 0.2) is 0 Å². The molecule has 2 saturated heterocycles. The predicted molar refractivity (Wildman–Crippen MR) is 110 cm³/mol. The van der Waals surface area contributed by atoms with Crippen LogP contribution in [0, 0.1) is 5.41 Å². The van der Waals surface area contributed by atoms with Gasteiger partial charge in [-0.1, -0.05) is 20.8 Å². The number of carbonyl (C=O) groups is 2. The van der Waals surface area contributed by atoms with Crippen LogP contribution in [-0.2, 0) is 23.8 Å². The van der Waals surface area contributed by atoms with E-state index in [4.69, 9.17) is 34.6 Å². The van der Waals surface area contributed by atoms with Gasteiger partial charge in [-0.2, -0.15) is 25.3 Å². The standard InChI is InChI=1S/C7H16O2.C6H10O3.2C2H4O2S/c1-7(2,3)4-6(9)5-8;1(5-3-8-5)7-2-6-4-9-6;2*3-2(4)1-5/h6,8-9H,4-5H2,1-3H3;5-6H,1-4H2;2*5H,1H2,(H,3,4). The van der Waals surface area contributed by atoms with Gasteiger partial charge >= 0.3 is 11.9 Å². The van der Waals surface area contributed by atoms with Crippen LogP contribution in [0.3, 0.4) is 0 Å². The van der Waals surface area contributed by atoms with Gasteiger partial charge in [0, 0.05) is 0 Å². The van der Waals surface area contributed by atoms with E-state index in [1.807, 2.05) is 20.8 Å². The molecule has 2 fully saturated rings. The maximum Gasteiger partial charge on any atom is 0.313 e. The first-order valence-corrected chi connectivity index (χ1v) is 9.96. The molecule has 0 bridgehead atoms. The molecule has 0 spiro atoms. The summed E-state index contributed by atoms with van der Waals surface area (Å²) in [4.78, 5) is 18.6. The number of aliphatic carboxylic acids is 2. The minimum Gasteiger partial charge on any atom is -0.481 e. The van der Waals surface area contributed by atoms with E-state index < -0.39 is 18.0 Å². The van der Waals surface area contributed by atoms with Gasteiger partial charge in [0.2, 0.25) is 0 Å². The fourth-order valence-corrected chi connectivity index (χ4v) is 1.43. The fraction of sp³-hybridized carbons (Fsp3) is 0.882. The number of aliphatic hydroxyl groups excluding tert-OH is 2. The van der Waals surface area contributed by atoms with Crippen LogP contribution < -0.4 is 0 Å². The molecule has 2 rings (SSSR count). The minimum absolute atomic E-state index is 0.0833. The van der Waals surface area contributed by atoms with Crippen LogP contribution in [-0.4, -0.2) is 95.2 Å². The zero-order valence-corrected chi connectivity index (χ0v) is 18.4. The summed E-state index contributed by atoms with van der Waals surface area (Å²) < 4.78 is 15.1. The number of hydrogen-bond donors (Lipinski definition) is 6. The lowest BCUT2D eigenvalue weighted by molar-refractivity contribution is -0.134. The van der Waals surface area contributed by atoms with E-state index in [9.17, 15) is 9.59 Å². The minimum atomic E-state index is -0.881. The normalized spacial score (nSPS) is 20.1. The van der Waals surface area contributed by atoms with Crippen LogP contribution in [0.25, 0.3) is 0 Å². The van der Waals surface area contributed by atoms with Gasteiger partial charge in [-0.3, -0.25) is 9.59 Å². The molecule has 0 saturated carbocycles. The summed E-state index contributed by atoms with van der Waals surface area (Å²) >= 11 is 6.83. The Bertz CT molecular complexity index is 382. The summed E-state index contributed by atoms with van der Waals surface area (Å²) in [5, 5.41) is 32.7. The van der Waals surface area contributed by atoms with E-state index >= 15 is 0 Å². The van der Waals surface area contributed by atoms with Crippen molar-refractivity contribution < 1.29 is 44.2 Å². The van der Waals surface area contributed by atoms with Crippen LogP contribution in [0.5, 0.6) is 0 Å². The van der Waals surface area contributed by atoms with Gasteiger partial charge in [-0.05, 0) is 11.8 Å². The Labute approximate surface area is 177 Å². The molecule has 0 aromatic heterocycles. The molecule has 0 aliphatic carbocycles. The van der Waals surface area contributed by atoms with E-state index in [2.05, 4.69) is 25.3 Å². The smallest absolute Gasteiger partial charge is 0.313 e. The number of hydrogen-bond acceptors (Lipinski definition) is 9. The van der Waals surface area contributed by atoms with Crippen molar-refractivity contribution in [3.05, 3.63) is 0 Å². The SMILES string of the molecule is C(OCC1CO1)C1CO1.CC(C)(C)CC(O)CO.O=C(O)CS.O=C(O)CS. The summed E-state index contributed by atoms with van der Waals surface area (Å²) in [6, 6.07) is 0. The lowest BCUT2D eigenvalue weighted by Crippen LogP contribution is -2.20. The van der Waals surface area contributed by atoms with Crippen LogP contribution >= 0.6 is 25.3 Å². The molecule has 2 heterocycles. The molecule has 2 aliphatic heterocycles. The molecule has 0 aromatic carbocycles. The van der Waals surface area contributed by atoms with Crippen molar-refractivity contribution in [2.45, 2.75) is 45.5 Å². The van der Waals surface area contributed by atoms with E-state index in [0.717, 1.165) is 26.4 Å². The van der Waals surface area contributed by atoms with Gasteiger partial charge < -0.3 is 34.6 Å². The lowest BCUT2D eigenvalue weighted by atomic mass is 9.89.